The number of hydrogen-bond acceptors (Lipinski definition) is 1. The van der Waals surface area contributed by atoms with Crippen LogP contribution in [0.15, 0.2) is 12.3 Å². The van der Waals surface area contributed by atoms with Gasteiger partial charge in [0, 0.05) is 11.9 Å². The fourth-order valence-electron chi connectivity index (χ4n) is 1.45. The van der Waals surface area contributed by atoms with Gasteiger partial charge in [0.25, 0.3) is 0 Å². The molecule has 12 heavy (non-hydrogen) atoms. The summed E-state index contributed by atoms with van der Waals surface area (Å²) in [5, 5.41) is 0. The maximum Gasteiger partial charge on any atom is 0.0404 e. The number of rotatable bonds is 0. The van der Waals surface area contributed by atoms with Gasteiger partial charge in [-0.05, 0) is 36.5 Å². The predicted octanol–water partition coefficient (Wildman–Crippen LogP) is 3.00. The van der Waals surface area contributed by atoms with Crippen molar-refractivity contribution >= 4 is 0 Å². The van der Waals surface area contributed by atoms with Gasteiger partial charge in [0.1, 0.15) is 0 Å². The highest BCUT2D eigenvalue weighted by molar-refractivity contribution is 5.33. The smallest absolute Gasteiger partial charge is 0.0404 e. The average Bonchev–Trinajstić information content (AvgIpc) is 1.92. The van der Waals surface area contributed by atoms with Crippen molar-refractivity contribution in [1.29, 1.82) is 0 Å². The standard InChI is InChI=1S/C11H17N/c1-8-9(2)12-7-6-10(8)11(3,4)5/h6-7H,1-5H3. The third kappa shape index (κ3) is 1.66. The van der Waals surface area contributed by atoms with Crippen LogP contribution in [0.25, 0.3) is 0 Å². The molecule has 1 aromatic rings. The second kappa shape index (κ2) is 2.89. The number of nitrogens with zero attached hydrogens (tertiary/aromatic N) is 1. The molecule has 0 aliphatic carbocycles. The van der Waals surface area contributed by atoms with E-state index >= 15 is 0 Å². The van der Waals surface area contributed by atoms with Gasteiger partial charge in [0.05, 0.1) is 0 Å². The minimum Gasteiger partial charge on any atom is -0.261 e. The third-order valence-electron chi connectivity index (χ3n) is 2.26. The van der Waals surface area contributed by atoms with E-state index < -0.39 is 0 Å². The molecular formula is C11H17N. The summed E-state index contributed by atoms with van der Waals surface area (Å²) in [6.45, 7) is 10.9. The summed E-state index contributed by atoms with van der Waals surface area (Å²) in [7, 11) is 0. The van der Waals surface area contributed by atoms with Gasteiger partial charge in [-0.3, -0.25) is 4.98 Å². The highest BCUT2D eigenvalue weighted by atomic mass is 14.7. The number of aromatic nitrogens is 1. The molecule has 0 spiro atoms. The number of hydrogen-bond donors (Lipinski definition) is 0. The van der Waals surface area contributed by atoms with Crippen LogP contribution in [0.5, 0.6) is 0 Å². The normalized spacial score (nSPS) is 11.8. The average molecular weight is 163 g/mol. The summed E-state index contributed by atoms with van der Waals surface area (Å²) in [5.74, 6) is 0. The lowest BCUT2D eigenvalue weighted by Crippen LogP contribution is -2.14. The maximum absolute atomic E-state index is 4.25. The zero-order valence-corrected chi connectivity index (χ0v) is 8.60. The first-order valence-corrected chi connectivity index (χ1v) is 4.35. The van der Waals surface area contributed by atoms with Crippen molar-refractivity contribution in [2.75, 3.05) is 0 Å². The summed E-state index contributed by atoms with van der Waals surface area (Å²) >= 11 is 0. The Balaban J connectivity index is 3.26. The van der Waals surface area contributed by atoms with E-state index in [1.54, 1.807) is 0 Å². The van der Waals surface area contributed by atoms with Gasteiger partial charge in [-0.1, -0.05) is 20.8 Å². The van der Waals surface area contributed by atoms with Gasteiger partial charge in [-0.2, -0.15) is 0 Å². The quantitative estimate of drug-likeness (QED) is 0.573. The largest absolute Gasteiger partial charge is 0.261 e. The molecule has 0 aromatic carbocycles. The Kier molecular flexibility index (Phi) is 2.22. The SMILES string of the molecule is Cc1nccc(C(C)(C)C)c1C. The van der Waals surface area contributed by atoms with Gasteiger partial charge in [-0.25, -0.2) is 0 Å². The molecule has 0 fully saturated rings. The van der Waals surface area contributed by atoms with Crippen LogP contribution in [0, 0.1) is 13.8 Å². The van der Waals surface area contributed by atoms with E-state index in [9.17, 15) is 0 Å². The zero-order valence-electron chi connectivity index (χ0n) is 8.60. The Morgan fingerprint density at radius 3 is 2.17 bits per heavy atom. The summed E-state index contributed by atoms with van der Waals surface area (Å²) in [5.41, 5.74) is 4.10. The van der Waals surface area contributed by atoms with Crippen LogP contribution in [-0.4, -0.2) is 4.98 Å². The monoisotopic (exact) mass is 163 g/mol. The molecule has 0 amide bonds. The van der Waals surface area contributed by atoms with Crippen LogP contribution in [0.2, 0.25) is 0 Å². The Morgan fingerprint density at radius 1 is 1.17 bits per heavy atom. The molecule has 1 rings (SSSR count). The molecule has 66 valence electrons. The van der Waals surface area contributed by atoms with E-state index in [4.69, 9.17) is 0 Å². The van der Waals surface area contributed by atoms with E-state index in [0.29, 0.717) is 0 Å². The van der Waals surface area contributed by atoms with E-state index in [2.05, 4.69) is 45.7 Å². The van der Waals surface area contributed by atoms with Crippen molar-refractivity contribution in [2.24, 2.45) is 0 Å². The first kappa shape index (κ1) is 9.24. The minimum absolute atomic E-state index is 0.234. The lowest BCUT2D eigenvalue weighted by molar-refractivity contribution is 0.584. The summed E-state index contributed by atoms with van der Waals surface area (Å²) < 4.78 is 0. The number of pyridine rings is 1. The van der Waals surface area contributed by atoms with Crippen molar-refractivity contribution in [3.63, 3.8) is 0 Å². The van der Waals surface area contributed by atoms with Crippen molar-refractivity contribution < 1.29 is 0 Å². The molecule has 0 saturated heterocycles. The van der Waals surface area contributed by atoms with Gasteiger partial charge in [0.2, 0.25) is 0 Å². The first-order valence-electron chi connectivity index (χ1n) is 4.35. The molecule has 0 radical (unpaired) electrons. The molecule has 0 N–H and O–H groups in total. The number of aryl methyl sites for hydroxylation is 1. The van der Waals surface area contributed by atoms with Crippen molar-refractivity contribution in [3.05, 3.63) is 29.1 Å². The Labute approximate surface area is 74.8 Å². The molecule has 0 atom stereocenters. The van der Waals surface area contributed by atoms with Crippen LogP contribution < -0.4 is 0 Å². The second-order valence-electron chi connectivity index (χ2n) is 4.32. The molecule has 1 heterocycles. The molecular weight excluding hydrogens is 146 g/mol. The van der Waals surface area contributed by atoms with E-state index in [-0.39, 0.29) is 5.41 Å². The highest BCUT2D eigenvalue weighted by Gasteiger charge is 2.16. The third-order valence-corrected chi connectivity index (χ3v) is 2.26. The summed E-state index contributed by atoms with van der Waals surface area (Å²) in [4.78, 5) is 4.25. The fourth-order valence-corrected chi connectivity index (χ4v) is 1.45. The molecule has 0 unspecified atom stereocenters. The first-order chi connectivity index (χ1) is 5.43. The molecule has 1 aromatic heterocycles. The predicted molar refractivity (Wildman–Crippen MR) is 52.4 cm³/mol. The lowest BCUT2D eigenvalue weighted by atomic mass is 9.84. The topological polar surface area (TPSA) is 12.9 Å². The van der Waals surface area contributed by atoms with Crippen LogP contribution in [0.3, 0.4) is 0 Å². The van der Waals surface area contributed by atoms with Crippen molar-refractivity contribution in [1.82, 2.24) is 4.98 Å². The molecule has 0 aliphatic rings. The van der Waals surface area contributed by atoms with Crippen LogP contribution >= 0.6 is 0 Å². The van der Waals surface area contributed by atoms with Gasteiger partial charge in [-0.15, -0.1) is 0 Å². The minimum atomic E-state index is 0.234. The Hall–Kier alpha value is -0.850. The lowest BCUT2D eigenvalue weighted by Gasteiger charge is -2.21. The summed E-state index contributed by atoms with van der Waals surface area (Å²) in [6, 6.07) is 2.11. The second-order valence-corrected chi connectivity index (χ2v) is 4.32. The fraction of sp³-hybridized carbons (Fsp3) is 0.545. The van der Waals surface area contributed by atoms with Crippen LogP contribution in [0.1, 0.15) is 37.6 Å². The van der Waals surface area contributed by atoms with E-state index in [1.807, 2.05) is 6.20 Å². The van der Waals surface area contributed by atoms with Gasteiger partial charge < -0.3 is 0 Å². The maximum atomic E-state index is 4.25. The van der Waals surface area contributed by atoms with Crippen molar-refractivity contribution in [3.8, 4) is 0 Å². The van der Waals surface area contributed by atoms with Gasteiger partial charge in [0.15, 0.2) is 0 Å². The van der Waals surface area contributed by atoms with Crippen LogP contribution in [-0.2, 0) is 5.41 Å². The molecule has 0 saturated carbocycles. The molecule has 0 aliphatic heterocycles. The van der Waals surface area contributed by atoms with E-state index in [0.717, 1.165) is 5.69 Å². The van der Waals surface area contributed by atoms with E-state index in [1.165, 1.54) is 11.1 Å². The molecule has 1 heteroatoms. The molecule has 0 bridgehead atoms. The van der Waals surface area contributed by atoms with Gasteiger partial charge >= 0.3 is 0 Å². The molecule has 1 nitrogen and oxygen atoms in total. The summed E-state index contributed by atoms with van der Waals surface area (Å²) in [6.07, 6.45) is 1.89. The van der Waals surface area contributed by atoms with Crippen molar-refractivity contribution in [2.45, 2.75) is 40.0 Å². The zero-order chi connectivity index (χ0) is 9.35. The highest BCUT2D eigenvalue weighted by Crippen LogP contribution is 2.25. The van der Waals surface area contributed by atoms with Crippen LogP contribution in [0.4, 0.5) is 0 Å². The Morgan fingerprint density at radius 2 is 1.75 bits per heavy atom. The Bertz CT molecular complexity index is 282.